The highest BCUT2D eigenvalue weighted by atomic mass is 16.6. The minimum atomic E-state index is -0.458. The van der Waals surface area contributed by atoms with Crippen molar-refractivity contribution in [1.29, 1.82) is 0 Å². The van der Waals surface area contributed by atoms with E-state index in [2.05, 4.69) is 44.2 Å². The van der Waals surface area contributed by atoms with Crippen LogP contribution in [0.1, 0.15) is 77.2 Å². The van der Waals surface area contributed by atoms with Gasteiger partial charge in [0.05, 0.1) is 5.70 Å². The molecule has 0 radical (unpaired) electrons. The molecule has 1 aromatic rings. The largest absolute Gasteiger partial charge is 0.436 e. The van der Waals surface area contributed by atoms with Gasteiger partial charge >= 0.3 is 6.09 Å². The molecule has 1 saturated heterocycles. The van der Waals surface area contributed by atoms with E-state index in [-0.39, 0.29) is 6.09 Å². The Balaban J connectivity index is 2.00. The molecule has 0 aromatic heterocycles. The Kier molecular flexibility index (Phi) is 5.82. The fourth-order valence-electron chi connectivity index (χ4n) is 4.25. The number of carbonyl (C=O) groups excluding carboxylic acids is 1. The van der Waals surface area contributed by atoms with E-state index in [9.17, 15) is 4.79 Å². The number of amides is 1. The van der Waals surface area contributed by atoms with Gasteiger partial charge in [0, 0.05) is 6.04 Å². The molecule has 2 fully saturated rings. The molecule has 0 bridgehead atoms. The zero-order valence-corrected chi connectivity index (χ0v) is 15.7. The molecular formula is C22H31NO2. The van der Waals surface area contributed by atoms with Crippen molar-refractivity contribution in [2.75, 3.05) is 0 Å². The number of hydrogen-bond donors (Lipinski definition) is 0. The van der Waals surface area contributed by atoms with Crippen LogP contribution in [0.15, 0.2) is 36.0 Å². The van der Waals surface area contributed by atoms with Gasteiger partial charge in [0.15, 0.2) is 5.60 Å². The number of ether oxygens (including phenoxy) is 1. The maximum Gasteiger partial charge on any atom is 0.415 e. The molecule has 3 nitrogen and oxygen atoms in total. The Hall–Kier alpha value is -1.77. The van der Waals surface area contributed by atoms with E-state index in [1.807, 2.05) is 11.0 Å². The van der Waals surface area contributed by atoms with E-state index in [0.29, 0.717) is 6.04 Å². The summed E-state index contributed by atoms with van der Waals surface area (Å²) in [7, 11) is 0. The number of carbonyl (C=O) groups is 1. The number of unbranched alkanes of at least 4 members (excludes halogenated alkanes) is 1. The van der Waals surface area contributed by atoms with Gasteiger partial charge in [-0.1, -0.05) is 69.9 Å². The summed E-state index contributed by atoms with van der Waals surface area (Å²) >= 11 is 0. The molecule has 3 rings (SSSR count). The topological polar surface area (TPSA) is 29.5 Å². The molecule has 1 amide bonds. The highest BCUT2D eigenvalue weighted by molar-refractivity contribution is 5.78. The van der Waals surface area contributed by atoms with Crippen LogP contribution in [0.5, 0.6) is 0 Å². The van der Waals surface area contributed by atoms with Crippen molar-refractivity contribution in [3.05, 3.63) is 41.6 Å². The zero-order valence-electron chi connectivity index (χ0n) is 15.7. The normalized spacial score (nSPS) is 26.2. The number of cyclic esters (lactones) is 1. The molecule has 1 aliphatic carbocycles. The third-order valence-electron chi connectivity index (χ3n) is 5.75. The van der Waals surface area contributed by atoms with Crippen molar-refractivity contribution in [3.63, 3.8) is 0 Å². The maximum absolute atomic E-state index is 12.9. The molecule has 3 heteroatoms. The molecular weight excluding hydrogens is 310 g/mol. The van der Waals surface area contributed by atoms with Crippen LogP contribution in [0.3, 0.4) is 0 Å². The lowest BCUT2D eigenvalue weighted by atomic mass is 9.87. The van der Waals surface area contributed by atoms with Crippen molar-refractivity contribution in [1.82, 2.24) is 4.90 Å². The predicted octanol–water partition coefficient (Wildman–Crippen LogP) is 6.15. The summed E-state index contributed by atoms with van der Waals surface area (Å²) in [5.41, 5.74) is 1.78. The number of nitrogens with zero attached hydrogens (tertiary/aromatic N) is 1. The summed E-state index contributed by atoms with van der Waals surface area (Å²) in [4.78, 5) is 14.9. The van der Waals surface area contributed by atoms with E-state index in [0.717, 1.165) is 49.8 Å². The summed E-state index contributed by atoms with van der Waals surface area (Å²) in [5.74, 6) is 0. The van der Waals surface area contributed by atoms with Gasteiger partial charge in [0.1, 0.15) is 0 Å². The average Bonchev–Trinajstić information content (AvgIpc) is 2.93. The first-order valence-electron chi connectivity index (χ1n) is 9.99. The standard InChI is InChI=1S/C22H31NO2/c1-3-5-16-22(4-2)20(17-18-12-8-6-9-13-18)23(21(24)25-22)19-14-10-7-11-15-19/h6,8-9,12-13,17,19H,3-5,7,10-11,14-16H2,1-2H3/b20-17+. The van der Waals surface area contributed by atoms with Crippen LogP contribution in [0, 0.1) is 0 Å². The van der Waals surface area contributed by atoms with Crippen molar-refractivity contribution < 1.29 is 9.53 Å². The SMILES string of the molecule is CCCCC1(CC)OC(=O)N(C2CCCCC2)/C1=C/c1ccccc1. The third kappa shape index (κ3) is 3.75. The first-order chi connectivity index (χ1) is 12.2. The first kappa shape index (κ1) is 18.0. The summed E-state index contributed by atoms with van der Waals surface area (Å²) < 4.78 is 6.07. The monoisotopic (exact) mass is 341 g/mol. The second-order valence-corrected chi connectivity index (χ2v) is 7.42. The molecule has 136 valence electrons. The fraction of sp³-hybridized carbons (Fsp3) is 0.591. The van der Waals surface area contributed by atoms with Crippen LogP contribution < -0.4 is 0 Å². The van der Waals surface area contributed by atoms with Crippen molar-refractivity contribution in [2.45, 2.75) is 83.3 Å². The average molecular weight is 341 g/mol. The van der Waals surface area contributed by atoms with Crippen LogP contribution in [-0.4, -0.2) is 22.6 Å². The van der Waals surface area contributed by atoms with Gasteiger partial charge < -0.3 is 4.74 Å². The van der Waals surface area contributed by atoms with E-state index < -0.39 is 5.60 Å². The zero-order chi connectivity index (χ0) is 17.7. The van der Waals surface area contributed by atoms with Crippen LogP contribution in [-0.2, 0) is 4.74 Å². The summed E-state index contributed by atoms with van der Waals surface area (Å²) in [6, 6.07) is 10.6. The van der Waals surface area contributed by atoms with Gasteiger partial charge in [0.2, 0.25) is 0 Å². The smallest absolute Gasteiger partial charge is 0.415 e. The van der Waals surface area contributed by atoms with E-state index in [1.54, 1.807) is 0 Å². The van der Waals surface area contributed by atoms with Crippen molar-refractivity contribution >= 4 is 12.2 Å². The predicted molar refractivity (Wildman–Crippen MR) is 102 cm³/mol. The van der Waals surface area contributed by atoms with Gasteiger partial charge in [-0.3, -0.25) is 4.90 Å². The minimum Gasteiger partial charge on any atom is -0.436 e. The number of benzene rings is 1. The van der Waals surface area contributed by atoms with Crippen LogP contribution >= 0.6 is 0 Å². The summed E-state index contributed by atoms with van der Waals surface area (Å²) in [6.07, 6.45) is 11.9. The molecule has 1 heterocycles. The van der Waals surface area contributed by atoms with E-state index in [1.165, 1.54) is 19.3 Å². The van der Waals surface area contributed by atoms with Gasteiger partial charge in [-0.15, -0.1) is 0 Å². The highest BCUT2D eigenvalue weighted by Gasteiger charge is 2.50. The highest BCUT2D eigenvalue weighted by Crippen LogP contribution is 2.44. The second-order valence-electron chi connectivity index (χ2n) is 7.42. The molecule has 2 aliphatic rings. The molecule has 1 saturated carbocycles. The van der Waals surface area contributed by atoms with Crippen molar-refractivity contribution in [2.24, 2.45) is 0 Å². The first-order valence-corrected chi connectivity index (χ1v) is 9.99. The molecule has 25 heavy (non-hydrogen) atoms. The van der Waals surface area contributed by atoms with Gasteiger partial charge in [-0.05, 0) is 43.7 Å². The summed E-state index contributed by atoms with van der Waals surface area (Å²) in [6.45, 7) is 4.34. The quantitative estimate of drug-likeness (QED) is 0.621. The van der Waals surface area contributed by atoms with Crippen LogP contribution in [0.4, 0.5) is 4.79 Å². The van der Waals surface area contributed by atoms with Gasteiger partial charge in [-0.2, -0.15) is 0 Å². The van der Waals surface area contributed by atoms with E-state index in [4.69, 9.17) is 4.74 Å². The molecule has 1 aromatic carbocycles. The lowest BCUT2D eigenvalue weighted by molar-refractivity contribution is 0.0566. The Bertz CT molecular complexity index is 604. The van der Waals surface area contributed by atoms with Crippen LogP contribution in [0.2, 0.25) is 0 Å². The van der Waals surface area contributed by atoms with Gasteiger partial charge in [0.25, 0.3) is 0 Å². The lowest BCUT2D eigenvalue weighted by Crippen LogP contribution is -2.38. The Labute approximate surface area is 152 Å². The summed E-state index contributed by atoms with van der Waals surface area (Å²) in [5, 5.41) is 0. The fourth-order valence-corrected chi connectivity index (χ4v) is 4.25. The second kappa shape index (κ2) is 8.07. The third-order valence-corrected chi connectivity index (χ3v) is 5.75. The maximum atomic E-state index is 12.9. The Morgan fingerprint density at radius 3 is 2.52 bits per heavy atom. The minimum absolute atomic E-state index is 0.132. The van der Waals surface area contributed by atoms with Crippen molar-refractivity contribution in [3.8, 4) is 0 Å². The molecule has 1 unspecified atom stereocenters. The van der Waals surface area contributed by atoms with E-state index >= 15 is 0 Å². The lowest BCUT2D eigenvalue weighted by Gasteiger charge is -2.33. The Morgan fingerprint density at radius 1 is 1.16 bits per heavy atom. The number of hydrogen-bond acceptors (Lipinski definition) is 2. The van der Waals surface area contributed by atoms with Gasteiger partial charge in [-0.25, -0.2) is 4.79 Å². The molecule has 0 spiro atoms. The Morgan fingerprint density at radius 2 is 1.88 bits per heavy atom. The number of rotatable bonds is 6. The molecule has 1 atom stereocenters. The molecule has 1 aliphatic heterocycles. The van der Waals surface area contributed by atoms with Crippen LogP contribution in [0.25, 0.3) is 6.08 Å². The molecule has 0 N–H and O–H groups in total.